The fourth-order valence-corrected chi connectivity index (χ4v) is 5.99. The second kappa shape index (κ2) is 9.55. The zero-order valence-electron chi connectivity index (χ0n) is 21.1. The van der Waals surface area contributed by atoms with E-state index in [2.05, 4.69) is 92.7 Å². The van der Waals surface area contributed by atoms with E-state index in [-0.39, 0.29) is 10.8 Å². The molecule has 2 rings (SSSR count). The Morgan fingerprint density at radius 1 is 1.13 bits per heavy atom. The number of methoxy groups -OCH3 is 1. The summed E-state index contributed by atoms with van der Waals surface area (Å²) in [6.45, 7) is 21.0. The summed E-state index contributed by atoms with van der Waals surface area (Å²) in [5.74, 6) is 2.70. The molecule has 0 saturated heterocycles. The normalized spacial score (nSPS) is 22.6. The van der Waals surface area contributed by atoms with Crippen molar-refractivity contribution >= 4 is 11.8 Å². The van der Waals surface area contributed by atoms with Gasteiger partial charge in [0.25, 0.3) is 0 Å². The van der Waals surface area contributed by atoms with Crippen molar-refractivity contribution in [2.75, 3.05) is 7.11 Å². The highest BCUT2D eigenvalue weighted by atomic mass is 32.2. The van der Waals surface area contributed by atoms with Gasteiger partial charge in [-0.3, -0.25) is 0 Å². The van der Waals surface area contributed by atoms with Crippen LogP contribution in [0.5, 0.6) is 5.75 Å². The highest BCUT2D eigenvalue weighted by Gasteiger charge is 2.28. The highest BCUT2D eigenvalue weighted by molar-refractivity contribution is 8.02. The summed E-state index contributed by atoms with van der Waals surface area (Å²) < 4.78 is 5.83. The van der Waals surface area contributed by atoms with E-state index in [4.69, 9.17) is 4.74 Å². The maximum absolute atomic E-state index is 5.83. The first kappa shape index (κ1) is 25.1. The number of thioether (sulfide) groups is 1. The van der Waals surface area contributed by atoms with E-state index in [1.165, 1.54) is 28.0 Å². The van der Waals surface area contributed by atoms with Gasteiger partial charge in [0, 0.05) is 16.2 Å². The summed E-state index contributed by atoms with van der Waals surface area (Å²) in [5, 5.41) is 0. The Bertz CT molecular complexity index is 790. The molecule has 1 unspecified atom stereocenters. The van der Waals surface area contributed by atoms with Gasteiger partial charge in [-0.25, -0.2) is 0 Å². The number of hydrogen-bond acceptors (Lipinski definition) is 2. The third-order valence-corrected chi connectivity index (χ3v) is 7.09. The lowest BCUT2D eigenvalue weighted by Gasteiger charge is -2.34. The lowest BCUT2D eigenvalue weighted by molar-refractivity contribution is 0.283. The summed E-state index contributed by atoms with van der Waals surface area (Å²) in [7, 11) is 1.80. The van der Waals surface area contributed by atoms with E-state index < -0.39 is 0 Å². The van der Waals surface area contributed by atoms with Crippen LogP contribution in [-0.2, 0) is 11.2 Å². The Morgan fingerprint density at radius 3 is 2.40 bits per heavy atom. The minimum Gasteiger partial charge on any atom is -0.496 e. The van der Waals surface area contributed by atoms with Gasteiger partial charge < -0.3 is 4.74 Å². The van der Waals surface area contributed by atoms with Gasteiger partial charge in [-0.1, -0.05) is 85.8 Å². The maximum atomic E-state index is 5.83. The predicted molar refractivity (Wildman–Crippen MR) is 136 cm³/mol. The Morgan fingerprint density at radius 2 is 1.80 bits per heavy atom. The smallest absolute Gasteiger partial charge is 0.125 e. The number of aryl methyl sites for hydroxylation is 1. The summed E-state index contributed by atoms with van der Waals surface area (Å²) in [4.78, 5) is 1.38. The molecule has 168 valence electrons. The molecule has 30 heavy (non-hydrogen) atoms. The first-order valence-corrected chi connectivity index (χ1v) is 12.4. The standard InChI is InChI=1S/C28H44OS/c1-20-11-12-24(13-14-27(6,7)17-20)30-18-22-16-23(15-21(2)25(22)29-10)28(8,9)19-26(3,4)5/h12-16,20H,11,17-19H2,1-10H3/b14-13-,24-12+. The first-order chi connectivity index (χ1) is 13.7. The molecule has 2 heteroatoms. The Balaban J connectivity index is 2.30. The lowest BCUT2D eigenvalue weighted by atomic mass is 9.72. The molecule has 1 atom stereocenters. The molecular formula is C28H44OS. The van der Waals surface area contributed by atoms with Crippen LogP contribution in [0.3, 0.4) is 0 Å². The Hall–Kier alpha value is -1.15. The van der Waals surface area contributed by atoms with Crippen molar-refractivity contribution in [1.29, 1.82) is 0 Å². The van der Waals surface area contributed by atoms with E-state index in [0.717, 1.165) is 30.3 Å². The van der Waals surface area contributed by atoms with Crippen LogP contribution in [-0.4, -0.2) is 7.11 Å². The van der Waals surface area contributed by atoms with Gasteiger partial charge in [-0.15, -0.1) is 11.8 Å². The number of hydrogen-bond donors (Lipinski definition) is 0. The van der Waals surface area contributed by atoms with Crippen LogP contribution in [0.2, 0.25) is 0 Å². The summed E-state index contributed by atoms with van der Waals surface area (Å²) in [6, 6.07) is 4.72. The third-order valence-electron chi connectivity index (χ3n) is 6.00. The summed E-state index contributed by atoms with van der Waals surface area (Å²) in [5.41, 5.74) is 4.67. The molecule has 0 fully saturated rings. The summed E-state index contributed by atoms with van der Waals surface area (Å²) in [6.07, 6.45) is 10.7. The SMILES string of the molecule is COc1c(C)cc(C(C)(C)CC(C)(C)C)cc1CSC1=C/CC(C)CC(C)(C)/C=C\1. The first-order valence-electron chi connectivity index (χ1n) is 11.4. The van der Waals surface area contributed by atoms with Crippen molar-refractivity contribution in [3.05, 3.63) is 52.0 Å². The molecule has 0 aromatic heterocycles. The molecule has 0 radical (unpaired) electrons. The fourth-order valence-electron chi connectivity index (χ4n) is 5.08. The number of ether oxygens (including phenoxy) is 1. The van der Waals surface area contributed by atoms with E-state index in [9.17, 15) is 0 Å². The molecule has 1 aromatic carbocycles. The van der Waals surface area contributed by atoms with Gasteiger partial charge in [0.15, 0.2) is 0 Å². The zero-order chi connectivity index (χ0) is 22.7. The second-order valence-corrected chi connectivity index (χ2v) is 12.9. The highest BCUT2D eigenvalue weighted by Crippen LogP contribution is 2.41. The van der Waals surface area contributed by atoms with Crippen LogP contribution in [0.1, 0.15) is 91.3 Å². The van der Waals surface area contributed by atoms with Gasteiger partial charge in [-0.05, 0) is 59.5 Å². The van der Waals surface area contributed by atoms with E-state index >= 15 is 0 Å². The monoisotopic (exact) mass is 428 g/mol. The molecule has 0 amide bonds. The fraction of sp³-hybridized carbons (Fsp3) is 0.643. The average Bonchev–Trinajstić information content (AvgIpc) is 2.57. The van der Waals surface area contributed by atoms with Crippen LogP contribution in [0.25, 0.3) is 0 Å². The second-order valence-electron chi connectivity index (χ2n) is 11.9. The Kier molecular flexibility index (Phi) is 8.00. The van der Waals surface area contributed by atoms with E-state index in [0.29, 0.717) is 5.41 Å². The lowest BCUT2D eigenvalue weighted by Crippen LogP contribution is -2.25. The number of allylic oxidation sites excluding steroid dienone is 3. The molecule has 0 aliphatic heterocycles. The minimum absolute atomic E-state index is 0.133. The predicted octanol–water partition coefficient (Wildman–Crippen LogP) is 8.85. The Labute approximate surface area is 190 Å². The summed E-state index contributed by atoms with van der Waals surface area (Å²) >= 11 is 1.94. The molecule has 0 heterocycles. The molecule has 0 spiro atoms. The van der Waals surface area contributed by atoms with E-state index in [1.54, 1.807) is 7.11 Å². The van der Waals surface area contributed by atoms with Crippen LogP contribution < -0.4 is 4.74 Å². The van der Waals surface area contributed by atoms with Gasteiger partial charge >= 0.3 is 0 Å². The topological polar surface area (TPSA) is 9.23 Å². The van der Waals surface area contributed by atoms with Crippen LogP contribution in [0.4, 0.5) is 0 Å². The van der Waals surface area contributed by atoms with Crippen molar-refractivity contribution in [1.82, 2.24) is 0 Å². The average molecular weight is 429 g/mol. The molecule has 0 bridgehead atoms. The quantitative estimate of drug-likeness (QED) is 0.447. The zero-order valence-corrected chi connectivity index (χ0v) is 21.9. The van der Waals surface area contributed by atoms with Crippen LogP contribution >= 0.6 is 11.8 Å². The molecule has 1 aliphatic carbocycles. The van der Waals surface area contributed by atoms with Crippen LogP contribution in [0, 0.1) is 23.7 Å². The molecule has 1 nitrogen and oxygen atoms in total. The molecule has 1 aliphatic rings. The van der Waals surface area contributed by atoms with E-state index in [1.807, 2.05) is 11.8 Å². The molecular weight excluding hydrogens is 384 g/mol. The van der Waals surface area contributed by atoms with Gasteiger partial charge in [0.2, 0.25) is 0 Å². The largest absolute Gasteiger partial charge is 0.496 e. The number of rotatable bonds is 6. The number of benzene rings is 1. The molecule has 0 N–H and O–H groups in total. The maximum Gasteiger partial charge on any atom is 0.125 e. The van der Waals surface area contributed by atoms with Crippen molar-refractivity contribution in [2.24, 2.45) is 16.7 Å². The third kappa shape index (κ3) is 7.22. The van der Waals surface area contributed by atoms with Crippen LogP contribution in [0.15, 0.2) is 35.3 Å². The van der Waals surface area contributed by atoms with Gasteiger partial charge in [-0.2, -0.15) is 0 Å². The minimum atomic E-state index is 0.133. The van der Waals surface area contributed by atoms with Crippen molar-refractivity contribution < 1.29 is 4.74 Å². The van der Waals surface area contributed by atoms with Crippen molar-refractivity contribution in [2.45, 2.75) is 92.7 Å². The molecule has 0 saturated carbocycles. The van der Waals surface area contributed by atoms with Crippen molar-refractivity contribution in [3.63, 3.8) is 0 Å². The van der Waals surface area contributed by atoms with Crippen molar-refractivity contribution in [3.8, 4) is 5.75 Å². The van der Waals surface area contributed by atoms with Gasteiger partial charge in [0.1, 0.15) is 5.75 Å². The van der Waals surface area contributed by atoms with Gasteiger partial charge in [0.05, 0.1) is 7.11 Å². The molecule has 1 aromatic rings.